The van der Waals surface area contributed by atoms with Gasteiger partial charge < -0.3 is 19.7 Å². The van der Waals surface area contributed by atoms with Crippen molar-refractivity contribution in [3.05, 3.63) is 18.0 Å². The average molecular weight is 277 g/mol. The molecule has 2 N–H and O–H groups in total. The number of ether oxygens (including phenoxy) is 2. The molecule has 1 heterocycles. The molecular weight excluding hydrogens is 258 g/mol. The number of hydrogen-bond acceptors (Lipinski definition) is 6. The fourth-order valence-corrected chi connectivity index (χ4v) is 1.88. The van der Waals surface area contributed by atoms with Crippen LogP contribution in [-0.2, 0) is 6.42 Å². The number of aryl methyl sites for hydroxylation is 1. The van der Waals surface area contributed by atoms with E-state index in [-0.39, 0.29) is 0 Å². The summed E-state index contributed by atoms with van der Waals surface area (Å²) in [5.41, 5.74) is 7.16. The van der Waals surface area contributed by atoms with E-state index < -0.39 is 0 Å². The lowest BCUT2D eigenvalue weighted by Crippen LogP contribution is -1.96. The van der Waals surface area contributed by atoms with Crippen molar-refractivity contribution in [2.45, 2.75) is 26.2 Å². The Hall–Kier alpha value is -2.24. The largest absolute Gasteiger partial charge is 0.493 e. The second-order valence-corrected chi connectivity index (χ2v) is 4.41. The van der Waals surface area contributed by atoms with E-state index in [0.717, 1.165) is 19.3 Å². The molecule has 0 bridgehead atoms. The topological polar surface area (TPSA) is 83.4 Å². The van der Waals surface area contributed by atoms with Crippen LogP contribution in [0.2, 0.25) is 0 Å². The van der Waals surface area contributed by atoms with Crippen molar-refractivity contribution < 1.29 is 14.0 Å². The van der Waals surface area contributed by atoms with Crippen molar-refractivity contribution in [3.8, 4) is 23.0 Å². The number of benzene rings is 1. The first-order valence-corrected chi connectivity index (χ1v) is 6.54. The second kappa shape index (κ2) is 6.27. The van der Waals surface area contributed by atoms with Gasteiger partial charge in [0.15, 0.2) is 17.3 Å². The van der Waals surface area contributed by atoms with Gasteiger partial charge in [0.05, 0.1) is 19.8 Å². The van der Waals surface area contributed by atoms with E-state index in [1.165, 1.54) is 0 Å². The van der Waals surface area contributed by atoms with Crippen molar-refractivity contribution in [1.29, 1.82) is 0 Å². The molecule has 0 amide bonds. The van der Waals surface area contributed by atoms with Crippen LogP contribution in [0.5, 0.6) is 11.5 Å². The summed E-state index contributed by atoms with van der Waals surface area (Å²) in [6, 6.07) is 3.43. The lowest BCUT2D eigenvalue weighted by molar-refractivity contribution is 0.355. The van der Waals surface area contributed by atoms with Gasteiger partial charge in [-0.15, -0.1) is 0 Å². The van der Waals surface area contributed by atoms with Crippen LogP contribution in [0.3, 0.4) is 0 Å². The predicted octanol–water partition coefficient (Wildman–Crippen LogP) is 2.68. The highest BCUT2D eigenvalue weighted by atomic mass is 16.5. The van der Waals surface area contributed by atoms with Crippen LogP contribution < -0.4 is 15.2 Å². The summed E-state index contributed by atoms with van der Waals surface area (Å²) in [6.07, 6.45) is 2.91. The monoisotopic (exact) mass is 277 g/mol. The molecule has 1 aromatic heterocycles. The number of anilines is 1. The standard InChI is InChI=1S/C14H19N3O3/c1-4-5-6-13-16-14(20-17-13)9-7-11(18-2)12(19-3)8-10(9)15/h7-8H,4-6,15H2,1-3H3. The molecule has 108 valence electrons. The minimum absolute atomic E-state index is 0.398. The van der Waals surface area contributed by atoms with E-state index >= 15 is 0 Å². The van der Waals surface area contributed by atoms with E-state index in [2.05, 4.69) is 17.1 Å². The summed E-state index contributed by atoms with van der Waals surface area (Å²) in [5.74, 6) is 2.23. The predicted molar refractivity (Wildman–Crippen MR) is 75.9 cm³/mol. The molecule has 0 fully saturated rings. The van der Waals surface area contributed by atoms with Crippen LogP contribution in [0, 0.1) is 0 Å². The Morgan fingerprint density at radius 2 is 1.90 bits per heavy atom. The maximum atomic E-state index is 6.00. The number of nitrogens with zero attached hydrogens (tertiary/aromatic N) is 2. The number of nitrogen functional groups attached to an aromatic ring is 1. The quantitative estimate of drug-likeness (QED) is 0.817. The highest BCUT2D eigenvalue weighted by Crippen LogP contribution is 2.36. The summed E-state index contributed by atoms with van der Waals surface area (Å²) >= 11 is 0. The van der Waals surface area contributed by atoms with Crippen LogP contribution in [0.4, 0.5) is 5.69 Å². The third-order valence-electron chi connectivity index (χ3n) is 3.01. The molecule has 0 aliphatic rings. The average Bonchev–Trinajstić information content (AvgIpc) is 2.93. The van der Waals surface area contributed by atoms with Gasteiger partial charge in [-0.05, 0) is 12.5 Å². The number of rotatable bonds is 6. The van der Waals surface area contributed by atoms with Gasteiger partial charge in [-0.25, -0.2) is 0 Å². The van der Waals surface area contributed by atoms with E-state index in [4.69, 9.17) is 19.7 Å². The number of nitrogens with two attached hydrogens (primary N) is 1. The van der Waals surface area contributed by atoms with Gasteiger partial charge in [0.1, 0.15) is 0 Å². The van der Waals surface area contributed by atoms with Crippen LogP contribution in [-0.4, -0.2) is 24.4 Å². The number of hydrogen-bond donors (Lipinski definition) is 1. The Kier molecular flexibility index (Phi) is 4.45. The molecule has 6 heteroatoms. The number of unbranched alkanes of at least 4 members (excludes halogenated alkanes) is 1. The van der Waals surface area contributed by atoms with Crippen LogP contribution in [0.25, 0.3) is 11.5 Å². The fraction of sp³-hybridized carbons (Fsp3) is 0.429. The lowest BCUT2D eigenvalue weighted by atomic mass is 10.1. The van der Waals surface area contributed by atoms with Crippen molar-refractivity contribution in [2.75, 3.05) is 20.0 Å². The summed E-state index contributed by atoms with van der Waals surface area (Å²) in [5, 5.41) is 3.96. The Labute approximate surface area is 117 Å². The van der Waals surface area contributed by atoms with Gasteiger partial charge in [-0.2, -0.15) is 4.98 Å². The molecule has 0 saturated heterocycles. The zero-order valence-corrected chi connectivity index (χ0v) is 12.0. The lowest BCUT2D eigenvalue weighted by Gasteiger charge is -2.10. The smallest absolute Gasteiger partial charge is 0.260 e. The maximum absolute atomic E-state index is 6.00. The maximum Gasteiger partial charge on any atom is 0.260 e. The van der Waals surface area contributed by atoms with Crippen molar-refractivity contribution in [2.24, 2.45) is 0 Å². The fourth-order valence-electron chi connectivity index (χ4n) is 1.88. The van der Waals surface area contributed by atoms with Gasteiger partial charge in [-0.1, -0.05) is 18.5 Å². The van der Waals surface area contributed by atoms with Gasteiger partial charge in [-0.3, -0.25) is 0 Å². The molecule has 2 rings (SSSR count). The molecule has 0 atom stereocenters. The van der Waals surface area contributed by atoms with E-state index in [9.17, 15) is 0 Å². The van der Waals surface area contributed by atoms with Gasteiger partial charge in [0, 0.05) is 18.2 Å². The Bertz CT molecular complexity index is 581. The molecule has 1 aromatic carbocycles. The molecule has 6 nitrogen and oxygen atoms in total. The SMILES string of the molecule is CCCCc1noc(-c2cc(OC)c(OC)cc2N)n1. The van der Waals surface area contributed by atoms with Crippen molar-refractivity contribution >= 4 is 5.69 Å². The summed E-state index contributed by atoms with van der Waals surface area (Å²) in [7, 11) is 3.13. The van der Waals surface area contributed by atoms with Crippen LogP contribution in [0.15, 0.2) is 16.7 Å². The molecule has 0 spiro atoms. The highest BCUT2D eigenvalue weighted by molar-refractivity contribution is 5.75. The zero-order chi connectivity index (χ0) is 14.5. The third-order valence-corrected chi connectivity index (χ3v) is 3.01. The van der Waals surface area contributed by atoms with Crippen molar-refractivity contribution in [3.63, 3.8) is 0 Å². The number of aromatic nitrogens is 2. The summed E-state index contributed by atoms with van der Waals surface area (Å²) < 4.78 is 15.7. The summed E-state index contributed by atoms with van der Waals surface area (Å²) in [6.45, 7) is 2.12. The van der Waals surface area contributed by atoms with Gasteiger partial charge >= 0.3 is 0 Å². The van der Waals surface area contributed by atoms with Gasteiger partial charge in [0.25, 0.3) is 5.89 Å². The van der Waals surface area contributed by atoms with Crippen LogP contribution in [0.1, 0.15) is 25.6 Å². The van der Waals surface area contributed by atoms with Gasteiger partial charge in [0.2, 0.25) is 0 Å². The summed E-state index contributed by atoms with van der Waals surface area (Å²) in [4.78, 5) is 4.36. The molecule has 2 aromatic rings. The Morgan fingerprint density at radius 1 is 1.20 bits per heavy atom. The minimum Gasteiger partial charge on any atom is -0.493 e. The van der Waals surface area contributed by atoms with Crippen LogP contribution >= 0.6 is 0 Å². The Balaban J connectivity index is 2.34. The molecule has 0 radical (unpaired) electrons. The molecular formula is C14H19N3O3. The van der Waals surface area contributed by atoms with E-state index in [1.807, 2.05) is 0 Å². The normalized spacial score (nSPS) is 10.6. The highest BCUT2D eigenvalue weighted by Gasteiger charge is 2.16. The van der Waals surface area contributed by atoms with Crippen molar-refractivity contribution in [1.82, 2.24) is 10.1 Å². The Morgan fingerprint density at radius 3 is 2.55 bits per heavy atom. The van der Waals surface area contributed by atoms with E-state index in [1.54, 1.807) is 26.4 Å². The minimum atomic E-state index is 0.398. The third kappa shape index (κ3) is 2.84. The first kappa shape index (κ1) is 14.2. The zero-order valence-electron chi connectivity index (χ0n) is 12.0. The first-order valence-electron chi connectivity index (χ1n) is 6.54. The molecule has 20 heavy (non-hydrogen) atoms. The molecule has 0 unspecified atom stereocenters. The van der Waals surface area contributed by atoms with E-state index in [0.29, 0.717) is 34.5 Å². The first-order chi connectivity index (χ1) is 9.69. The molecule has 0 aliphatic carbocycles. The molecule has 0 saturated carbocycles. The number of methoxy groups -OCH3 is 2. The second-order valence-electron chi connectivity index (χ2n) is 4.41. The molecule has 0 aliphatic heterocycles.